The van der Waals surface area contributed by atoms with E-state index >= 15 is 0 Å². The number of hydrogen-bond donors (Lipinski definition) is 2. The minimum absolute atomic E-state index is 0.0269. The molecule has 0 aliphatic rings. The fourth-order valence-corrected chi connectivity index (χ4v) is 3.62. The molecular formula is C14H14Cl2N2O2S. The highest BCUT2D eigenvalue weighted by atomic mass is 35.5. The van der Waals surface area contributed by atoms with Crippen LogP contribution in [0, 0.1) is 0 Å². The van der Waals surface area contributed by atoms with Crippen LogP contribution in [0.4, 0.5) is 5.69 Å². The van der Waals surface area contributed by atoms with E-state index < -0.39 is 10.0 Å². The Morgan fingerprint density at radius 1 is 1.05 bits per heavy atom. The molecule has 0 saturated carbocycles. The molecule has 0 aromatic heterocycles. The lowest BCUT2D eigenvalue weighted by Gasteiger charge is -2.10. The minimum atomic E-state index is -3.73. The summed E-state index contributed by atoms with van der Waals surface area (Å²) in [7, 11) is -1.91. The van der Waals surface area contributed by atoms with Gasteiger partial charge in [0.05, 0.1) is 4.90 Å². The topological polar surface area (TPSA) is 58.2 Å². The van der Waals surface area contributed by atoms with Gasteiger partial charge in [-0.2, -0.15) is 0 Å². The van der Waals surface area contributed by atoms with Gasteiger partial charge < -0.3 is 5.32 Å². The average molecular weight is 345 g/mol. The van der Waals surface area contributed by atoms with Crippen LogP contribution >= 0.6 is 23.2 Å². The van der Waals surface area contributed by atoms with Crippen molar-refractivity contribution in [1.82, 2.24) is 5.32 Å². The van der Waals surface area contributed by atoms with Crippen molar-refractivity contribution in [3.05, 3.63) is 58.1 Å². The van der Waals surface area contributed by atoms with Gasteiger partial charge in [0.15, 0.2) is 0 Å². The molecule has 2 aromatic rings. The number of halogens is 2. The van der Waals surface area contributed by atoms with Crippen LogP contribution in [0.1, 0.15) is 5.56 Å². The number of rotatable bonds is 5. The minimum Gasteiger partial charge on any atom is -0.316 e. The molecule has 0 aliphatic heterocycles. The van der Waals surface area contributed by atoms with E-state index in [1.165, 1.54) is 18.2 Å². The van der Waals surface area contributed by atoms with E-state index in [4.69, 9.17) is 23.2 Å². The molecule has 0 spiro atoms. The maximum atomic E-state index is 12.3. The van der Waals surface area contributed by atoms with Crippen LogP contribution in [0.5, 0.6) is 0 Å². The van der Waals surface area contributed by atoms with Crippen molar-refractivity contribution in [1.29, 1.82) is 0 Å². The quantitative estimate of drug-likeness (QED) is 0.872. The molecule has 0 saturated heterocycles. The lowest BCUT2D eigenvalue weighted by Crippen LogP contribution is -2.13. The Morgan fingerprint density at radius 3 is 2.33 bits per heavy atom. The van der Waals surface area contributed by atoms with E-state index in [1.807, 2.05) is 13.1 Å². The number of sulfonamides is 1. The first-order chi connectivity index (χ1) is 9.90. The van der Waals surface area contributed by atoms with Crippen molar-refractivity contribution in [2.24, 2.45) is 0 Å². The van der Waals surface area contributed by atoms with Gasteiger partial charge in [-0.3, -0.25) is 4.72 Å². The van der Waals surface area contributed by atoms with E-state index in [0.29, 0.717) is 12.2 Å². The molecular weight excluding hydrogens is 331 g/mol. The van der Waals surface area contributed by atoms with E-state index in [-0.39, 0.29) is 14.9 Å². The lowest BCUT2D eigenvalue weighted by molar-refractivity contribution is 0.601. The van der Waals surface area contributed by atoms with Crippen LogP contribution < -0.4 is 10.0 Å². The molecule has 2 aromatic carbocycles. The van der Waals surface area contributed by atoms with Crippen LogP contribution in [0.3, 0.4) is 0 Å². The summed E-state index contributed by atoms with van der Waals surface area (Å²) in [5, 5.41) is 3.55. The summed E-state index contributed by atoms with van der Waals surface area (Å²) in [4.78, 5) is 0.0269. The fourth-order valence-electron chi connectivity index (χ4n) is 1.85. The van der Waals surface area contributed by atoms with E-state index in [0.717, 1.165) is 5.56 Å². The van der Waals surface area contributed by atoms with Crippen LogP contribution in [0.25, 0.3) is 0 Å². The smallest absolute Gasteiger partial charge is 0.261 e. The second kappa shape index (κ2) is 6.66. The van der Waals surface area contributed by atoms with Gasteiger partial charge in [-0.15, -0.1) is 0 Å². The van der Waals surface area contributed by atoms with E-state index in [1.54, 1.807) is 18.2 Å². The van der Waals surface area contributed by atoms with Gasteiger partial charge in [0.25, 0.3) is 10.0 Å². The van der Waals surface area contributed by atoms with Crippen LogP contribution in [-0.4, -0.2) is 15.5 Å². The van der Waals surface area contributed by atoms with E-state index in [2.05, 4.69) is 10.0 Å². The largest absolute Gasteiger partial charge is 0.316 e. The number of nitrogens with one attached hydrogen (secondary N) is 2. The van der Waals surface area contributed by atoms with E-state index in [9.17, 15) is 8.42 Å². The van der Waals surface area contributed by atoms with Crippen molar-refractivity contribution in [2.75, 3.05) is 11.8 Å². The Balaban J connectivity index is 2.30. The maximum Gasteiger partial charge on any atom is 0.261 e. The first-order valence-electron chi connectivity index (χ1n) is 6.13. The van der Waals surface area contributed by atoms with Crippen molar-refractivity contribution in [3.63, 3.8) is 0 Å². The van der Waals surface area contributed by atoms with Crippen LogP contribution in [0.2, 0.25) is 10.0 Å². The van der Waals surface area contributed by atoms with Gasteiger partial charge in [0.1, 0.15) is 0 Å². The summed E-state index contributed by atoms with van der Waals surface area (Å²) in [6.07, 6.45) is 0. The predicted octanol–water partition coefficient (Wildman–Crippen LogP) is 3.51. The molecule has 112 valence electrons. The van der Waals surface area contributed by atoms with Crippen molar-refractivity contribution in [3.8, 4) is 0 Å². The Morgan fingerprint density at radius 2 is 1.71 bits per heavy atom. The van der Waals surface area contributed by atoms with Crippen molar-refractivity contribution >= 4 is 38.9 Å². The summed E-state index contributed by atoms with van der Waals surface area (Å²) in [6, 6.07) is 11.3. The van der Waals surface area contributed by atoms with Gasteiger partial charge >= 0.3 is 0 Å². The fraction of sp³-hybridized carbons (Fsp3) is 0.143. The lowest BCUT2D eigenvalue weighted by atomic mass is 10.2. The highest BCUT2D eigenvalue weighted by Gasteiger charge is 2.15. The van der Waals surface area contributed by atoms with Gasteiger partial charge in [0, 0.05) is 22.3 Å². The van der Waals surface area contributed by atoms with Crippen LogP contribution in [-0.2, 0) is 16.6 Å². The molecule has 0 bridgehead atoms. The molecule has 7 heteroatoms. The Labute approximate surface area is 134 Å². The van der Waals surface area contributed by atoms with Crippen molar-refractivity contribution in [2.45, 2.75) is 11.4 Å². The van der Waals surface area contributed by atoms with Gasteiger partial charge in [-0.1, -0.05) is 35.3 Å². The predicted molar refractivity (Wildman–Crippen MR) is 86.5 cm³/mol. The molecule has 0 atom stereocenters. The molecule has 2 N–H and O–H groups in total. The first kappa shape index (κ1) is 16.1. The molecule has 0 unspecified atom stereocenters. The number of anilines is 1. The normalized spacial score (nSPS) is 11.4. The first-order valence-corrected chi connectivity index (χ1v) is 8.37. The third-order valence-electron chi connectivity index (χ3n) is 2.71. The van der Waals surface area contributed by atoms with Gasteiger partial charge in [0.2, 0.25) is 0 Å². The monoisotopic (exact) mass is 344 g/mol. The molecule has 4 nitrogen and oxygen atoms in total. The molecule has 0 aliphatic carbocycles. The zero-order chi connectivity index (χ0) is 15.5. The second-order valence-corrected chi connectivity index (χ2v) is 7.00. The maximum absolute atomic E-state index is 12.3. The number of hydrogen-bond acceptors (Lipinski definition) is 3. The van der Waals surface area contributed by atoms with Crippen LogP contribution in [0.15, 0.2) is 47.4 Å². The molecule has 0 fully saturated rings. The zero-order valence-electron chi connectivity index (χ0n) is 11.2. The summed E-state index contributed by atoms with van der Waals surface area (Å²) >= 11 is 11.7. The summed E-state index contributed by atoms with van der Waals surface area (Å²) < 4.78 is 27.2. The summed E-state index contributed by atoms with van der Waals surface area (Å²) in [5.74, 6) is 0. The third kappa shape index (κ3) is 4.35. The Kier molecular flexibility index (Phi) is 5.11. The molecule has 0 radical (unpaired) electrons. The third-order valence-corrected chi connectivity index (χ3v) is 4.50. The number of benzene rings is 2. The molecule has 2 rings (SSSR count). The Hall–Kier alpha value is -1.27. The van der Waals surface area contributed by atoms with Gasteiger partial charge in [-0.25, -0.2) is 8.42 Å². The molecule has 0 heterocycles. The standard InChI is InChI=1S/C14H14Cl2N2O2S/c1-17-9-10-3-2-4-13(5-10)18-21(19,20)14-7-11(15)6-12(16)8-14/h2-8,17-18H,9H2,1H3. The summed E-state index contributed by atoms with van der Waals surface area (Å²) in [6.45, 7) is 0.651. The average Bonchev–Trinajstić information content (AvgIpc) is 2.38. The Bertz CT molecular complexity index is 728. The SMILES string of the molecule is CNCc1cccc(NS(=O)(=O)c2cc(Cl)cc(Cl)c2)c1. The van der Waals surface area contributed by atoms with Gasteiger partial charge in [-0.05, 0) is 42.9 Å². The second-order valence-electron chi connectivity index (χ2n) is 4.44. The molecule has 21 heavy (non-hydrogen) atoms. The zero-order valence-corrected chi connectivity index (χ0v) is 13.6. The molecule has 0 amide bonds. The van der Waals surface area contributed by atoms with Crippen molar-refractivity contribution < 1.29 is 8.42 Å². The highest BCUT2D eigenvalue weighted by Crippen LogP contribution is 2.24. The highest BCUT2D eigenvalue weighted by molar-refractivity contribution is 7.92. The summed E-state index contributed by atoms with van der Waals surface area (Å²) in [5.41, 5.74) is 1.46.